The predicted molar refractivity (Wildman–Crippen MR) is 115 cm³/mol. The first kappa shape index (κ1) is 24.8. The quantitative estimate of drug-likeness (QED) is 0.323. The predicted octanol–water partition coefficient (Wildman–Crippen LogP) is 6.46. The average molecular weight is 432 g/mol. The molecule has 1 aromatic carbocycles. The first-order valence-corrected chi connectivity index (χ1v) is 11.1. The van der Waals surface area contributed by atoms with E-state index < -0.39 is 11.1 Å². The van der Waals surface area contributed by atoms with E-state index in [1.807, 2.05) is 34.6 Å². The van der Waals surface area contributed by atoms with Gasteiger partial charge in [0.2, 0.25) is 5.91 Å². The van der Waals surface area contributed by atoms with Gasteiger partial charge in [-0.15, -0.1) is 11.8 Å². The van der Waals surface area contributed by atoms with Crippen molar-refractivity contribution in [1.82, 2.24) is 0 Å². The molecule has 1 rings (SSSR count). The second-order valence-electron chi connectivity index (χ2n) is 7.29. The smallest absolute Gasteiger partial charge is 0.319 e. The summed E-state index contributed by atoms with van der Waals surface area (Å²) in [5, 5.41) is 2.38. The van der Waals surface area contributed by atoms with Gasteiger partial charge in [-0.1, -0.05) is 45.7 Å². The molecule has 158 valence electrons. The van der Waals surface area contributed by atoms with E-state index in [4.69, 9.17) is 16.3 Å². The highest BCUT2D eigenvalue weighted by atomic mass is 35.5. The summed E-state index contributed by atoms with van der Waals surface area (Å²) in [6.45, 7) is 9.83. The van der Waals surface area contributed by atoms with Crippen LogP contribution in [-0.2, 0) is 14.3 Å². The van der Waals surface area contributed by atoms with E-state index in [1.165, 1.54) is 23.9 Å². The highest BCUT2D eigenvalue weighted by Crippen LogP contribution is 2.36. The molecule has 0 saturated heterocycles. The summed E-state index contributed by atoms with van der Waals surface area (Å²) in [4.78, 5) is 25.1. The molecule has 0 aliphatic rings. The fourth-order valence-corrected chi connectivity index (χ4v) is 3.80. The summed E-state index contributed by atoms with van der Waals surface area (Å²) in [5.74, 6) is -0.754. The van der Waals surface area contributed by atoms with Gasteiger partial charge in [0.05, 0.1) is 16.8 Å². The molecule has 1 aromatic rings. The molecule has 2 unspecified atom stereocenters. The number of nitrogens with one attached hydrogen (secondary N) is 1. The number of amides is 1. The SMILES string of the molecule is CCCC(Sc1cc(NC(=O)CCC(C)C)c(F)cc1Cl)C(=O)OC(C)CC. The number of halogens is 2. The van der Waals surface area contributed by atoms with Gasteiger partial charge in [0.1, 0.15) is 11.1 Å². The number of carbonyl (C=O) groups excluding carboxylic acids is 2. The van der Waals surface area contributed by atoms with Gasteiger partial charge in [0, 0.05) is 11.3 Å². The number of anilines is 1. The van der Waals surface area contributed by atoms with Crippen LogP contribution in [0.5, 0.6) is 0 Å². The van der Waals surface area contributed by atoms with Gasteiger partial charge >= 0.3 is 5.97 Å². The molecular weight excluding hydrogens is 401 g/mol. The Morgan fingerprint density at radius 1 is 1.21 bits per heavy atom. The van der Waals surface area contributed by atoms with E-state index in [0.717, 1.165) is 19.3 Å². The minimum Gasteiger partial charge on any atom is -0.462 e. The van der Waals surface area contributed by atoms with Gasteiger partial charge in [-0.25, -0.2) is 4.39 Å². The normalized spacial score (nSPS) is 13.3. The molecular formula is C21H31ClFNO3S. The average Bonchev–Trinajstić information content (AvgIpc) is 2.63. The van der Waals surface area contributed by atoms with Crippen LogP contribution in [0.3, 0.4) is 0 Å². The van der Waals surface area contributed by atoms with E-state index in [1.54, 1.807) is 0 Å². The lowest BCUT2D eigenvalue weighted by Gasteiger charge is -2.19. The van der Waals surface area contributed by atoms with Crippen LogP contribution in [0.2, 0.25) is 5.02 Å². The minimum atomic E-state index is -0.596. The second kappa shape index (κ2) is 12.3. The zero-order chi connectivity index (χ0) is 21.3. The Morgan fingerprint density at radius 2 is 1.89 bits per heavy atom. The second-order valence-corrected chi connectivity index (χ2v) is 8.95. The Bertz CT molecular complexity index is 669. The lowest BCUT2D eigenvalue weighted by molar-refractivity contribution is -0.147. The number of ether oxygens (including phenoxy) is 1. The van der Waals surface area contributed by atoms with Gasteiger partial charge in [0.15, 0.2) is 0 Å². The van der Waals surface area contributed by atoms with Gasteiger partial charge in [-0.2, -0.15) is 0 Å². The van der Waals surface area contributed by atoms with Gasteiger partial charge in [-0.05, 0) is 44.2 Å². The Hall–Kier alpha value is -1.27. The Balaban J connectivity index is 2.95. The van der Waals surface area contributed by atoms with Crippen molar-refractivity contribution in [3.05, 3.63) is 23.0 Å². The molecule has 28 heavy (non-hydrogen) atoms. The van der Waals surface area contributed by atoms with E-state index in [0.29, 0.717) is 23.7 Å². The van der Waals surface area contributed by atoms with Crippen LogP contribution in [-0.4, -0.2) is 23.2 Å². The van der Waals surface area contributed by atoms with E-state index >= 15 is 0 Å². The van der Waals surface area contributed by atoms with Gasteiger partial charge in [0.25, 0.3) is 0 Å². The lowest BCUT2D eigenvalue weighted by Crippen LogP contribution is -2.24. The fraction of sp³-hybridized carbons (Fsp3) is 0.619. The molecule has 0 aliphatic carbocycles. The van der Waals surface area contributed by atoms with Crippen LogP contribution >= 0.6 is 23.4 Å². The summed E-state index contributed by atoms with van der Waals surface area (Å²) < 4.78 is 19.7. The van der Waals surface area contributed by atoms with Crippen LogP contribution in [0, 0.1) is 11.7 Å². The molecule has 0 aliphatic heterocycles. The third-order valence-electron chi connectivity index (χ3n) is 4.22. The molecule has 0 bridgehead atoms. The maximum absolute atomic E-state index is 14.3. The van der Waals surface area contributed by atoms with E-state index in [9.17, 15) is 14.0 Å². The molecule has 0 radical (unpaired) electrons. The number of hydrogen-bond donors (Lipinski definition) is 1. The number of rotatable bonds is 11. The molecule has 0 saturated carbocycles. The van der Waals surface area contributed by atoms with Crippen LogP contribution < -0.4 is 5.32 Å². The lowest BCUT2D eigenvalue weighted by atomic mass is 10.1. The van der Waals surface area contributed by atoms with Crippen molar-refractivity contribution < 1.29 is 18.7 Å². The Morgan fingerprint density at radius 3 is 2.46 bits per heavy atom. The first-order valence-electron chi connectivity index (χ1n) is 9.83. The molecule has 0 heterocycles. The molecule has 0 aromatic heterocycles. The maximum atomic E-state index is 14.3. The zero-order valence-electron chi connectivity index (χ0n) is 17.3. The zero-order valence-corrected chi connectivity index (χ0v) is 18.9. The van der Waals surface area contributed by atoms with Crippen molar-refractivity contribution in [2.24, 2.45) is 5.92 Å². The summed E-state index contributed by atoms with van der Waals surface area (Å²) in [6, 6.07) is 2.67. The standard InChI is InChI=1S/C21H31ClFNO3S/c1-6-8-18(21(26)27-14(5)7-2)28-19-12-17(16(23)11-15(19)22)24-20(25)10-9-13(3)4/h11-14,18H,6-10H2,1-5H3,(H,24,25). The molecule has 0 fully saturated rings. The van der Waals surface area contributed by atoms with Crippen molar-refractivity contribution >= 4 is 40.9 Å². The molecule has 1 N–H and O–H groups in total. The Labute approximate surface area is 176 Å². The maximum Gasteiger partial charge on any atom is 0.319 e. The van der Waals surface area contributed by atoms with Crippen molar-refractivity contribution in [2.45, 2.75) is 83.0 Å². The van der Waals surface area contributed by atoms with Crippen molar-refractivity contribution in [2.75, 3.05) is 5.32 Å². The number of esters is 1. The van der Waals surface area contributed by atoms with Crippen molar-refractivity contribution in [3.8, 4) is 0 Å². The monoisotopic (exact) mass is 431 g/mol. The molecule has 2 atom stereocenters. The molecule has 7 heteroatoms. The summed E-state index contributed by atoms with van der Waals surface area (Å²) in [7, 11) is 0. The molecule has 0 spiro atoms. The van der Waals surface area contributed by atoms with Crippen LogP contribution in [0.1, 0.15) is 66.7 Å². The van der Waals surface area contributed by atoms with Crippen LogP contribution in [0.15, 0.2) is 17.0 Å². The van der Waals surface area contributed by atoms with E-state index in [2.05, 4.69) is 5.32 Å². The first-order chi connectivity index (χ1) is 13.2. The summed E-state index contributed by atoms with van der Waals surface area (Å²) in [5.41, 5.74) is 0.0752. The molecule has 1 amide bonds. The van der Waals surface area contributed by atoms with Crippen LogP contribution in [0.4, 0.5) is 10.1 Å². The van der Waals surface area contributed by atoms with E-state index in [-0.39, 0.29) is 28.7 Å². The van der Waals surface area contributed by atoms with Gasteiger partial charge in [-0.3, -0.25) is 9.59 Å². The summed E-state index contributed by atoms with van der Waals surface area (Å²) >= 11 is 7.44. The fourth-order valence-electron chi connectivity index (χ4n) is 2.35. The third kappa shape index (κ3) is 8.39. The number of benzene rings is 1. The van der Waals surface area contributed by atoms with Crippen LogP contribution in [0.25, 0.3) is 0 Å². The number of carbonyl (C=O) groups is 2. The van der Waals surface area contributed by atoms with Crippen molar-refractivity contribution in [1.29, 1.82) is 0 Å². The minimum absolute atomic E-state index is 0.0752. The van der Waals surface area contributed by atoms with Gasteiger partial charge < -0.3 is 10.1 Å². The highest BCUT2D eigenvalue weighted by molar-refractivity contribution is 8.00. The topological polar surface area (TPSA) is 55.4 Å². The largest absolute Gasteiger partial charge is 0.462 e. The Kier molecular flexibility index (Phi) is 10.9. The highest BCUT2D eigenvalue weighted by Gasteiger charge is 2.24. The number of hydrogen-bond acceptors (Lipinski definition) is 4. The molecule has 4 nitrogen and oxygen atoms in total. The third-order valence-corrected chi connectivity index (χ3v) is 5.95. The summed E-state index contributed by atoms with van der Waals surface area (Å²) in [6.07, 6.45) is 3.03. The van der Waals surface area contributed by atoms with Crippen molar-refractivity contribution in [3.63, 3.8) is 0 Å². The number of thioether (sulfide) groups is 1.